The molecule has 2 saturated heterocycles. The van der Waals surface area contributed by atoms with Gasteiger partial charge in [0, 0.05) is 25.7 Å². The normalized spacial score (nSPS) is 33.2. The predicted molar refractivity (Wildman–Crippen MR) is 72.1 cm³/mol. The highest BCUT2D eigenvalue weighted by Gasteiger charge is 2.40. The summed E-state index contributed by atoms with van der Waals surface area (Å²) in [6.45, 7) is 4.32. The molecule has 114 valence electrons. The first-order valence-corrected chi connectivity index (χ1v) is 8.52. The minimum Gasteiger partial charge on any atom is -0.481 e. The largest absolute Gasteiger partial charge is 0.481 e. The average Bonchev–Trinajstić information content (AvgIpc) is 2.69. The number of aliphatic carboxylic acids is 1. The van der Waals surface area contributed by atoms with Crippen LogP contribution >= 0.6 is 0 Å². The third kappa shape index (κ3) is 2.89. The van der Waals surface area contributed by atoms with Gasteiger partial charge in [-0.3, -0.25) is 4.79 Å². The minimum atomic E-state index is -3.06. The first kappa shape index (κ1) is 15.1. The zero-order valence-electron chi connectivity index (χ0n) is 11.7. The van der Waals surface area contributed by atoms with E-state index in [2.05, 4.69) is 0 Å². The third-order valence-corrected chi connectivity index (χ3v) is 5.91. The second kappa shape index (κ2) is 5.23. The van der Waals surface area contributed by atoms with E-state index in [1.165, 1.54) is 9.80 Å². The minimum absolute atomic E-state index is 0.0190. The second-order valence-corrected chi connectivity index (χ2v) is 8.00. The Labute approximate surface area is 118 Å². The van der Waals surface area contributed by atoms with Crippen molar-refractivity contribution in [3.05, 3.63) is 0 Å². The van der Waals surface area contributed by atoms with Crippen LogP contribution in [0, 0.1) is 11.8 Å². The maximum atomic E-state index is 12.4. The lowest BCUT2D eigenvalue weighted by Crippen LogP contribution is -2.54. The predicted octanol–water partition coefficient (Wildman–Crippen LogP) is -0.122. The first-order valence-electron chi connectivity index (χ1n) is 6.70. The van der Waals surface area contributed by atoms with Gasteiger partial charge in [-0.1, -0.05) is 6.92 Å². The van der Waals surface area contributed by atoms with E-state index in [-0.39, 0.29) is 42.6 Å². The fourth-order valence-electron chi connectivity index (χ4n) is 2.91. The van der Waals surface area contributed by atoms with Crippen LogP contribution in [-0.4, -0.2) is 72.5 Å². The van der Waals surface area contributed by atoms with Crippen LogP contribution in [0.1, 0.15) is 13.8 Å². The van der Waals surface area contributed by atoms with Crippen LogP contribution < -0.4 is 0 Å². The van der Waals surface area contributed by atoms with Crippen LogP contribution in [0.2, 0.25) is 0 Å². The van der Waals surface area contributed by atoms with Gasteiger partial charge in [0.15, 0.2) is 9.84 Å². The highest BCUT2D eigenvalue weighted by molar-refractivity contribution is 7.91. The molecule has 0 aromatic heterocycles. The molecule has 0 radical (unpaired) electrons. The molecule has 2 amide bonds. The van der Waals surface area contributed by atoms with Crippen molar-refractivity contribution in [1.82, 2.24) is 9.80 Å². The standard InChI is InChI=1S/C12H20N2O5S/c1-8-5-13(6-10(8)11(15)16)12(17)14-3-4-20(18,19)7-9(14)2/h8-10H,3-7H2,1-2H3,(H,15,16)/t8-,9?,10-/m1/s1. The number of likely N-dealkylation sites (tertiary alicyclic amines) is 1. The number of carbonyl (C=O) groups is 2. The molecule has 2 aliphatic rings. The second-order valence-electron chi connectivity index (χ2n) is 5.77. The fourth-order valence-corrected chi connectivity index (χ4v) is 4.47. The summed E-state index contributed by atoms with van der Waals surface area (Å²) in [6.07, 6.45) is 0. The topological polar surface area (TPSA) is 95.0 Å². The van der Waals surface area contributed by atoms with Crippen LogP contribution in [0.15, 0.2) is 0 Å². The molecule has 3 atom stereocenters. The van der Waals surface area contributed by atoms with E-state index in [1.807, 2.05) is 6.92 Å². The Bertz CT molecular complexity index is 518. The van der Waals surface area contributed by atoms with Gasteiger partial charge in [-0.2, -0.15) is 0 Å². The first-order chi connectivity index (χ1) is 9.21. The Morgan fingerprint density at radius 2 is 1.85 bits per heavy atom. The van der Waals surface area contributed by atoms with E-state index in [1.54, 1.807) is 6.92 Å². The molecule has 8 heteroatoms. The molecule has 0 saturated carbocycles. The van der Waals surface area contributed by atoms with Crippen molar-refractivity contribution in [2.24, 2.45) is 11.8 Å². The lowest BCUT2D eigenvalue weighted by Gasteiger charge is -2.36. The molecule has 2 heterocycles. The van der Waals surface area contributed by atoms with Crippen molar-refractivity contribution in [2.45, 2.75) is 19.9 Å². The summed E-state index contributed by atoms with van der Waals surface area (Å²) in [5, 5.41) is 9.08. The van der Waals surface area contributed by atoms with Crippen molar-refractivity contribution < 1.29 is 23.1 Å². The van der Waals surface area contributed by atoms with Crippen LogP contribution in [0.4, 0.5) is 4.79 Å². The number of hydrogen-bond donors (Lipinski definition) is 1. The van der Waals surface area contributed by atoms with E-state index in [0.29, 0.717) is 6.54 Å². The molecular formula is C12H20N2O5S. The number of carboxylic acid groups (broad SMARTS) is 1. The Morgan fingerprint density at radius 3 is 2.35 bits per heavy atom. The zero-order valence-corrected chi connectivity index (χ0v) is 12.5. The van der Waals surface area contributed by atoms with Gasteiger partial charge in [0.2, 0.25) is 0 Å². The number of sulfone groups is 1. The number of urea groups is 1. The number of rotatable bonds is 1. The Kier molecular flexibility index (Phi) is 3.95. The van der Waals surface area contributed by atoms with Crippen molar-refractivity contribution >= 4 is 21.8 Å². The highest BCUT2D eigenvalue weighted by atomic mass is 32.2. The number of carboxylic acids is 1. The number of amides is 2. The Morgan fingerprint density at radius 1 is 1.20 bits per heavy atom. The van der Waals surface area contributed by atoms with Gasteiger partial charge in [0.05, 0.1) is 17.4 Å². The summed E-state index contributed by atoms with van der Waals surface area (Å²) in [7, 11) is -3.06. The molecule has 0 bridgehead atoms. The van der Waals surface area contributed by atoms with Crippen molar-refractivity contribution in [3.8, 4) is 0 Å². The van der Waals surface area contributed by atoms with Gasteiger partial charge in [0.25, 0.3) is 0 Å². The van der Waals surface area contributed by atoms with Gasteiger partial charge in [-0.15, -0.1) is 0 Å². The molecule has 0 aliphatic carbocycles. The quantitative estimate of drug-likeness (QED) is 0.728. The van der Waals surface area contributed by atoms with Crippen LogP contribution in [-0.2, 0) is 14.6 Å². The zero-order chi connectivity index (χ0) is 15.1. The Hall–Kier alpha value is -1.31. The molecule has 20 heavy (non-hydrogen) atoms. The van der Waals surface area contributed by atoms with Crippen LogP contribution in [0.25, 0.3) is 0 Å². The van der Waals surface area contributed by atoms with Crippen LogP contribution in [0.5, 0.6) is 0 Å². The summed E-state index contributed by atoms with van der Waals surface area (Å²) in [5.74, 6) is -1.55. The van der Waals surface area contributed by atoms with Gasteiger partial charge >= 0.3 is 12.0 Å². The monoisotopic (exact) mass is 304 g/mol. The van der Waals surface area contributed by atoms with Gasteiger partial charge in [-0.25, -0.2) is 13.2 Å². The summed E-state index contributed by atoms with van der Waals surface area (Å²) >= 11 is 0. The highest BCUT2D eigenvalue weighted by Crippen LogP contribution is 2.25. The van der Waals surface area contributed by atoms with E-state index < -0.39 is 21.7 Å². The summed E-state index contributed by atoms with van der Waals surface area (Å²) in [6, 6.07) is -0.608. The van der Waals surface area contributed by atoms with Gasteiger partial charge in [0.1, 0.15) is 0 Å². The smallest absolute Gasteiger partial charge is 0.320 e. The molecule has 0 aromatic rings. The molecule has 1 unspecified atom stereocenters. The lowest BCUT2D eigenvalue weighted by atomic mass is 9.99. The molecule has 2 fully saturated rings. The molecular weight excluding hydrogens is 284 g/mol. The molecule has 2 aliphatic heterocycles. The van der Waals surface area contributed by atoms with Gasteiger partial charge in [-0.05, 0) is 12.8 Å². The molecule has 1 N–H and O–H groups in total. The van der Waals surface area contributed by atoms with Crippen LogP contribution in [0.3, 0.4) is 0 Å². The van der Waals surface area contributed by atoms with Crippen molar-refractivity contribution in [1.29, 1.82) is 0 Å². The SMILES string of the molecule is CC1CS(=O)(=O)CCN1C(=O)N1C[C@@H](C)[C@H](C(=O)O)C1. The molecule has 0 aromatic carbocycles. The van der Waals surface area contributed by atoms with Crippen molar-refractivity contribution in [3.63, 3.8) is 0 Å². The molecule has 0 spiro atoms. The summed E-state index contributed by atoms with van der Waals surface area (Å²) < 4.78 is 23.0. The number of carbonyl (C=O) groups excluding carboxylic acids is 1. The average molecular weight is 304 g/mol. The van der Waals surface area contributed by atoms with E-state index in [0.717, 1.165) is 0 Å². The van der Waals surface area contributed by atoms with Crippen molar-refractivity contribution in [2.75, 3.05) is 31.1 Å². The summed E-state index contributed by atoms with van der Waals surface area (Å²) in [4.78, 5) is 26.5. The third-order valence-electron chi connectivity index (χ3n) is 4.12. The molecule has 2 rings (SSSR count). The lowest BCUT2D eigenvalue weighted by molar-refractivity contribution is -0.142. The number of nitrogens with zero attached hydrogens (tertiary/aromatic N) is 2. The summed E-state index contributed by atoms with van der Waals surface area (Å²) in [5.41, 5.74) is 0. The number of hydrogen-bond acceptors (Lipinski definition) is 4. The Balaban J connectivity index is 2.04. The maximum absolute atomic E-state index is 12.4. The van der Waals surface area contributed by atoms with Gasteiger partial charge < -0.3 is 14.9 Å². The van der Waals surface area contributed by atoms with E-state index in [9.17, 15) is 18.0 Å². The fraction of sp³-hybridized carbons (Fsp3) is 0.833. The molecule has 7 nitrogen and oxygen atoms in total. The van der Waals surface area contributed by atoms with E-state index in [4.69, 9.17) is 5.11 Å². The maximum Gasteiger partial charge on any atom is 0.320 e. The van der Waals surface area contributed by atoms with E-state index >= 15 is 0 Å².